The number of fused-ring (bicyclic) bond motifs is 1. The molecule has 3 aliphatic rings. The topological polar surface area (TPSA) is 122 Å². The zero-order chi connectivity index (χ0) is 26.0. The number of methoxy groups -OCH3 is 1. The van der Waals surface area contributed by atoms with Gasteiger partial charge in [0.2, 0.25) is 5.91 Å². The number of anilines is 1. The summed E-state index contributed by atoms with van der Waals surface area (Å²) in [4.78, 5) is 29.8. The van der Waals surface area contributed by atoms with Crippen LogP contribution in [0.15, 0.2) is 24.3 Å². The minimum Gasteiger partial charge on any atom is -0.497 e. The van der Waals surface area contributed by atoms with Gasteiger partial charge in [0.05, 0.1) is 64.8 Å². The number of nitrogens with one attached hydrogen (secondary N) is 2. The molecule has 0 aromatic heterocycles. The Bertz CT molecular complexity index is 882. The van der Waals surface area contributed by atoms with Gasteiger partial charge in [0, 0.05) is 31.4 Å². The molecule has 1 aromatic rings. The number of carbonyl (C=O) groups excluding carboxylic acids is 2. The average Bonchev–Trinajstić information content (AvgIpc) is 2.90. The van der Waals surface area contributed by atoms with E-state index in [0.29, 0.717) is 30.8 Å². The fourth-order valence-electron chi connectivity index (χ4n) is 5.10. The van der Waals surface area contributed by atoms with Crippen LogP contribution in [0, 0.1) is 0 Å². The summed E-state index contributed by atoms with van der Waals surface area (Å²) in [5.41, 5.74) is 0.605. The van der Waals surface area contributed by atoms with E-state index in [1.165, 1.54) is 0 Å². The quantitative estimate of drug-likeness (QED) is 0.435. The molecular formula is C26H40N4O7. The molecular weight excluding hydrogens is 480 g/mol. The lowest BCUT2D eigenvalue weighted by Gasteiger charge is -2.44. The number of hydrogen-bond acceptors (Lipinski definition) is 8. The number of nitrogens with zero attached hydrogens (tertiary/aromatic N) is 2. The molecule has 0 aliphatic carbocycles. The van der Waals surface area contributed by atoms with Gasteiger partial charge in [-0.05, 0) is 37.9 Å². The lowest BCUT2D eigenvalue weighted by atomic mass is 9.95. The van der Waals surface area contributed by atoms with E-state index in [0.717, 1.165) is 39.3 Å². The van der Waals surface area contributed by atoms with Crippen molar-refractivity contribution >= 4 is 17.6 Å². The van der Waals surface area contributed by atoms with E-state index in [1.54, 1.807) is 36.3 Å². The van der Waals surface area contributed by atoms with Gasteiger partial charge in [0.25, 0.3) is 0 Å². The molecule has 4 rings (SSSR count). The number of carbonyl (C=O) groups is 2. The molecule has 3 heterocycles. The second-order valence-electron chi connectivity index (χ2n) is 9.81. The highest BCUT2D eigenvalue weighted by Crippen LogP contribution is 2.28. The van der Waals surface area contributed by atoms with Crippen molar-refractivity contribution in [3.8, 4) is 5.75 Å². The Hall–Kier alpha value is -2.44. The number of aliphatic hydroxyl groups excluding tert-OH is 1. The average molecular weight is 521 g/mol. The smallest absolute Gasteiger partial charge is 0.322 e. The highest BCUT2D eigenvalue weighted by Gasteiger charge is 2.40. The standard InChI is InChI=1S/C26H40N4O7/c1-34-21-5-2-4-19(14-21)28-26(33)30-16-20(31)17-36-18-24-23(30)7-6-22(37-24)15-25(32)27-8-3-9-29-10-12-35-13-11-29/h2,4-5,14,20,22-24,31H,3,6-13,15-18H2,1H3,(H,27,32)(H,28,33)/t20-,22-,23-,24+/m1/s1. The highest BCUT2D eigenvalue weighted by molar-refractivity contribution is 5.89. The maximum atomic E-state index is 13.2. The summed E-state index contributed by atoms with van der Waals surface area (Å²) in [5.74, 6) is 0.611. The molecule has 37 heavy (non-hydrogen) atoms. The highest BCUT2D eigenvalue weighted by atomic mass is 16.5. The predicted molar refractivity (Wildman–Crippen MR) is 137 cm³/mol. The zero-order valence-electron chi connectivity index (χ0n) is 21.6. The first kappa shape index (κ1) is 27.6. The van der Waals surface area contributed by atoms with Crippen LogP contribution in [0.25, 0.3) is 0 Å². The Kier molecular flexibility index (Phi) is 10.4. The number of ether oxygens (including phenoxy) is 4. The normalized spacial score (nSPS) is 26.9. The van der Waals surface area contributed by atoms with Gasteiger partial charge in [-0.1, -0.05) is 6.07 Å². The lowest BCUT2D eigenvalue weighted by molar-refractivity contribution is -0.149. The second kappa shape index (κ2) is 13.9. The van der Waals surface area contributed by atoms with Gasteiger partial charge in [-0.3, -0.25) is 9.69 Å². The Morgan fingerprint density at radius 2 is 2.00 bits per heavy atom. The first-order valence-electron chi connectivity index (χ1n) is 13.2. The fourth-order valence-corrected chi connectivity index (χ4v) is 5.10. The van der Waals surface area contributed by atoms with Gasteiger partial charge < -0.3 is 39.6 Å². The zero-order valence-corrected chi connectivity index (χ0v) is 21.6. The SMILES string of the molecule is COc1cccc(NC(=O)N2C[C@@H](O)COC[C@@H]3O[C@@H](CC(=O)NCCCN4CCOCC4)CC[C@H]32)c1. The molecule has 3 fully saturated rings. The van der Waals surface area contributed by atoms with Crippen molar-refractivity contribution in [1.29, 1.82) is 0 Å². The van der Waals surface area contributed by atoms with Crippen molar-refractivity contribution in [3.05, 3.63) is 24.3 Å². The number of urea groups is 1. The first-order chi connectivity index (χ1) is 18.0. The molecule has 0 radical (unpaired) electrons. The van der Waals surface area contributed by atoms with Crippen molar-refractivity contribution in [1.82, 2.24) is 15.1 Å². The molecule has 0 spiro atoms. The van der Waals surface area contributed by atoms with Crippen molar-refractivity contribution < 1.29 is 33.6 Å². The molecule has 3 amide bonds. The Morgan fingerprint density at radius 3 is 2.81 bits per heavy atom. The maximum absolute atomic E-state index is 13.2. The molecule has 0 unspecified atom stereocenters. The summed E-state index contributed by atoms with van der Waals surface area (Å²) >= 11 is 0. The third-order valence-corrected chi connectivity index (χ3v) is 7.05. The number of hydrogen-bond donors (Lipinski definition) is 3. The van der Waals surface area contributed by atoms with E-state index < -0.39 is 6.10 Å². The summed E-state index contributed by atoms with van der Waals surface area (Å²) in [6.07, 6.45) is 1.06. The van der Waals surface area contributed by atoms with E-state index >= 15 is 0 Å². The molecule has 0 bridgehead atoms. The third-order valence-electron chi connectivity index (χ3n) is 7.05. The Morgan fingerprint density at radius 1 is 1.16 bits per heavy atom. The van der Waals surface area contributed by atoms with Crippen LogP contribution in [0.5, 0.6) is 5.75 Å². The van der Waals surface area contributed by atoms with Gasteiger partial charge in [-0.15, -0.1) is 0 Å². The minimum absolute atomic E-state index is 0.0276. The molecule has 206 valence electrons. The van der Waals surface area contributed by atoms with Gasteiger partial charge in [-0.2, -0.15) is 0 Å². The van der Waals surface area contributed by atoms with Crippen LogP contribution in [0.4, 0.5) is 10.5 Å². The van der Waals surface area contributed by atoms with Gasteiger partial charge in [0.1, 0.15) is 11.9 Å². The van der Waals surface area contributed by atoms with Gasteiger partial charge in [-0.25, -0.2) is 4.79 Å². The van der Waals surface area contributed by atoms with Crippen molar-refractivity contribution in [2.45, 2.75) is 50.0 Å². The van der Waals surface area contributed by atoms with Crippen molar-refractivity contribution in [2.75, 3.05) is 71.6 Å². The summed E-state index contributed by atoms with van der Waals surface area (Å²) in [6, 6.07) is 6.55. The Labute approximate surface area is 218 Å². The summed E-state index contributed by atoms with van der Waals surface area (Å²) in [5, 5.41) is 16.3. The largest absolute Gasteiger partial charge is 0.497 e. The summed E-state index contributed by atoms with van der Waals surface area (Å²) in [6.45, 7) is 5.52. The molecule has 11 nitrogen and oxygen atoms in total. The predicted octanol–water partition coefficient (Wildman–Crippen LogP) is 1.07. The molecule has 1 aromatic carbocycles. The van der Waals surface area contributed by atoms with E-state index in [1.807, 2.05) is 0 Å². The second-order valence-corrected chi connectivity index (χ2v) is 9.81. The Balaban J connectivity index is 1.27. The van der Waals surface area contributed by atoms with E-state index in [2.05, 4.69) is 15.5 Å². The molecule has 4 atom stereocenters. The number of rotatable bonds is 8. The van der Waals surface area contributed by atoms with Crippen LogP contribution in [0.3, 0.4) is 0 Å². The van der Waals surface area contributed by atoms with Crippen molar-refractivity contribution in [2.24, 2.45) is 0 Å². The van der Waals surface area contributed by atoms with Crippen LogP contribution >= 0.6 is 0 Å². The maximum Gasteiger partial charge on any atom is 0.322 e. The van der Waals surface area contributed by atoms with Crippen molar-refractivity contribution in [3.63, 3.8) is 0 Å². The first-order valence-corrected chi connectivity index (χ1v) is 13.2. The molecule has 3 aliphatic heterocycles. The van der Waals surface area contributed by atoms with Crippen LogP contribution in [0.1, 0.15) is 25.7 Å². The molecule has 0 saturated carbocycles. The van der Waals surface area contributed by atoms with Gasteiger partial charge >= 0.3 is 6.03 Å². The van der Waals surface area contributed by atoms with Crippen LogP contribution in [0.2, 0.25) is 0 Å². The number of benzene rings is 1. The van der Waals surface area contributed by atoms with Crippen LogP contribution in [-0.2, 0) is 19.0 Å². The third kappa shape index (κ3) is 8.27. The molecule has 11 heteroatoms. The molecule has 3 saturated heterocycles. The lowest BCUT2D eigenvalue weighted by Crippen LogP contribution is -2.58. The monoisotopic (exact) mass is 520 g/mol. The van der Waals surface area contributed by atoms with Crippen LogP contribution in [-0.4, -0.2) is 117 Å². The fraction of sp³-hybridized carbons (Fsp3) is 0.692. The minimum atomic E-state index is -0.794. The summed E-state index contributed by atoms with van der Waals surface area (Å²) in [7, 11) is 1.57. The molecule has 3 N–H and O–H groups in total. The van der Waals surface area contributed by atoms with E-state index in [4.69, 9.17) is 18.9 Å². The number of aliphatic hydroxyl groups is 1. The van der Waals surface area contributed by atoms with Gasteiger partial charge in [0.15, 0.2) is 0 Å². The number of β-amino-alcohol motifs (C(OH)–C–C–N with tert-alkyl or cyclic N) is 1. The summed E-state index contributed by atoms with van der Waals surface area (Å²) < 4.78 is 22.5. The van der Waals surface area contributed by atoms with Crippen LogP contribution < -0.4 is 15.4 Å². The number of morpholine rings is 1. The van der Waals surface area contributed by atoms with E-state index in [9.17, 15) is 14.7 Å². The van der Waals surface area contributed by atoms with E-state index in [-0.39, 0.29) is 56.4 Å². The number of amides is 3.